The van der Waals surface area contributed by atoms with Gasteiger partial charge in [0.2, 0.25) is 5.75 Å². The molecule has 1 atom stereocenters. The van der Waals surface area contributed by atoms with Crippen molar-refractivity contribution in [1.29, 1.82) is 0 Å². The van der Waals surface area contributed by atoms with E-state index in [2.05, 4.69) is 9.97 Å². The third kappa shape index (κ3) is 4.65. The second-order valence-electron chi connectivity index (χ2n) is 6.53. The zero-order valence-corrected chi connectivity index (χ0v) is 16.3. The predicted molar refractivity (Wildman–Crippen MR) is 99.1 cm³/mol. The van der Waals surface area contributed by atoms with Gasteiger partial charge in [0.25, 0.3) is 5.91 Å². The number of ether oxygens (including phenoxy) is 2. The molecule has 9 nitrogen and oxygen atoms in total. The van der Waals surface area contributed by atoms with E-state index in [1.54, 1.807) is 19.2 Å². The van der Waals surface area contributed by atoms with E-state index >= 15 is 0 Å². The summed E-state index contributed by atoms with van der Waals surface area (Å²) in [5, 5.41) is 32.3. The van der Waals surface area contributed by atoms with Gasteiger partial charge in [0.1, 0.15) is 22.5 Å². The van der Waals surface area contributed by atoms with Gasteiger partial charge in [-0.25, -0.2) is 9.97 Å². The van der Waals surface area contributed by atoms with Crippen molar-refractivity contribution >= 4 is 17.2 Å². The number of nitrogens with zero attached hydrogens (tertiary/aromatic N) is 2. The lowest BCUT2D eigenvalue weighted by Crippen LogP contribution is -2.19. The number of carbonyl (C=O) groups excluding carboxylic acids is 1. The van der Waals surface area contributed by atoms with Crippen molar-refractivity contribution in [2.24, 2.45) is 5.73 Å². The molecule has 0 saturated carbocycles. The average molecular weight is 397 g/mol. The molecular weight excluding hydrogens is 374 g/mol. The first-order valence-electron chi connectivity index (χ1n) is 8.10. The first-order valence-corrected chi connectivity index (χ1v) is 8.98. The van der Waals surface area contributed by atoms with Crippen LogP contribution in [0.25, 0.3) is 11.4 Å². The topological polar surface area (TPSA) is 148 Å². The summed E-state index contributed by atoms with van der Waals surface area (Å²) in [7, 11) is 2.66. The van der Waals surface area contributed by atoms with Gasteiger partial charge in [-0.15, -0.1) is 11.3 Å². The highest BCUT2D eigenvalue weighted by Crippen LogP contribution is 2.44. The van der Waals surface area contributed by atoms with Crippen LogP contribution in [0, 0.1) is 0 Å². The Morgan fingerprint density at radius 1 is 1.30 bits per heavy atom. The molecular formula is C17H23N3O6S. The molecule has 0 aliphatic carbocycles. The maximum absolute atomic E-state index is 11.6. The van der Waals surface area contributed by atoms with Crippen LogP contribution in [0.15, 0.2) is 5.38 Å². The summed E-state index contributed by atoms with van der Waals surface area (Å²) in [6.45, 7) is 3.33. The Kier molecular flexibility index (Phi) is 6.24. The second kappa shape index (κ2) is 8.07. The maximum Gasteiger partial charge on any atom is 0.271 e. The fourth-order valence-corrected chi connectivity index (χ4v) is 3.25. The maximum atomic E-state index is 11.6. The molecule has 0 bridgehead atoms. The van der Waals surface area contributed by atoms with Crippen molar-refractivity contribution in [3.63, 3.8) is 0 Å². The quantitative estimate of drug-likeness (QED) is 0.525. The number of nitrogens with two attached hydrogens (primary N) is 1. The van der Waals surface area contributed by atoms with Crippen molar-refractivity contribution in [3.8, 4) is 28.6 Å². The van der Waals surface area contributed by atoms with E-state index in [0.717, 1.165) is 0 Å². The van der Waals surface area contributed by atoms with Gasteiger partial charge in [-0.3, -0.25) is 4.79 Å². The van der Waals surface area contributed by atoms with Crippen molar-refractivity contribution < 1.29 is 29.6 Å². The number of hydrogen-bond acceptors (Lipinski definition) is 9. The van der Waals surface area contributed by atoms with Gasteiger partial charge < -0.3 is 30.5 Å². The molecule has 10 heteroatoms. The monoisotopic (exact) mass is 397 g/mol. The van der Waals surface area contributed by atoms with Gasteiger partial charge in [0.05, 0.1) is 19.8 Å². The van der Waals surface area contributed by atoms with E-state index in [9.17, 15) is 20.1 Å². The Morgan fingerprint density at radius 2 is 1.93 bits per heavy atom. The molecule has 1 amide bonds. The van der Waals surface area contributed by atoms with Crippen molar-refractivity contribution in [2.45, 2.75) is 38.4 Å². The summed E-state index contributed by atoms with van der Waals surface area (Å²) in [5.74, 6) is -1.46. The van der Waals surface area contributed by atoms with Crippen LogP contribution >= 0.6 is 11.3 Å². The highest BCUT2D eigenvalue weighted by Gasteiger charge is 2.27. The number of rotatable bonds is 8. The number of aromatic hydroxyl groups is 1. The van der Waals surface area contributed by atoms with Gasteiger partial charge in [0.15, 0.2) is 17.2 Å². The summed E-state index contributed by atoms with van der Waals surface area (Å²) in [5.41, 5.74) is 4.48. The van der Waals surface area contributed by atoms with Gasteiger partial charge in [-0.1, -0.05) is 0 Å². The molecule has 2 heterocycles. The minimum Gasteiger partial charge on any atom is -0.503 e. The average Bonchev–Trinajstić information content (AvgIpc) is 3.08. The molecule has 27 heavy (non-hydrogen) atoms. The lowest BCUT2D eigenvalue weighted by molar-refractivity contribution is 0.0485. The molecule has 0 fully saturated rings. The molecule has 2 aromatic heterocycles. The third-order valence-corrected chi connectivity index (χ3v) is 4.75. The van der Waals surface area contributed by atoms with Crippen LogP contribution in [-0.2, 0) is 0 Å². The predicted octanol–water partition coefficient (Wildman–Crippen LogP) is 1.61. The molecule has 0 aliphatic heterocycles. The van der Waals surface area contributed by atoms with Gasteiger partial charge in [-0.05, 0) is 26.7 Å². The van der Waals surface area contributed by atoms with E-state index in [4.69, 9.17) is 15.2 Å². The van der Waals surface area contributed by atoms with Crippen LogP contribution in [0.3, 0.4) is 0 Å². The molecule has 5 N–H and O–H groups in total. The molecule has 0 saturated heterocycles. The minimum atomic E-state index is -0.935. The largest absolute Gasteiger partial charge is 0.503 e. The lowest BCUT2D eigenvalue weighted by Gasteiger charge is -2.18. The van der Waals surface area contributed by atoms with Crippen LogP contribution in [0.1, 0.15) is 48.3 Å². The number of methoxy groups -OCH3 is 2. The normalized spacial score (nSPS) is 12.7. The van der Waals surface area contributed by atoms with Gasteiger partial charge >= 0.3 is 0 Å². The summed E-state index contributed by atoms with van der Waals surface area (Å²) in [6, 6.07) is 0. The minimum absolute atomic E-state index is 0.0860. The molecule has 148 valence electrons. The number of carbonyl (C=O) groups is 1. The Hall–Kier alpha value is -2.43. The lowest BCUT2D eigenvalue weighted by atomic mass is 10.0. The fraction of sp³-hybridized carbons (Fsp3) is 0.471. The first-order chi connectivity index (χ1) is 12.6. The fourth-order valence-electron chi connectivity index (χ4n) is 2.43. The third-order valence-electron chi connectivity index (χ3n) is 3.81. The van der Waals surface area contributed by atoms with Crippen LogP contribution in [0.5, 0.6) is 17.2 Å². The van der Waals surface area contributed by atoms with Crippen LogP contribution in [0.4, 0.5) is 0 Å². The molecule has 0 aromatic carbocycles. The molecule has 0 radical (unpaired) electrons. The first kappa shape index (κ1) is 20.9. The van der Waals surface area contributed by atoms with Gasteiger partial charge in [0, 0.05) is 5.38 Å². The number of pyridine rings is 1. The second-order valence-corrected chi connectivity index (χ2v) is 7.42. The number of aliphatic hydroxyl groups excluding tert-OH is 1. The molecule has 1 unspecified atom stereocenters. The van der Waals surface area contributed by atoms with Crippen LogP contribution < -0.4 is 15.2 Å². The SMILES string of the molecule is COc1c(-c2csc(C(O)CCC(C)(C)O)n2)nc(C(N)=O)c(O)c1OC. The zero-order valence-electron chi connectivity index (χ0n) is 15.5. The smallest absolute Gasteiger partial charge is 0.271 e. The van der Waals surface area contributed by atoms with E-state index in [1.807, 2.05) is 0 Å². The molecule has 0 aliphatic rings. The molecule has 0 spiro atoms. The number of amides is 1. The molecule has 2 aromatic rings. The van der Waals surface area contributed by atoms with Crippen molar-refractivity contribution in [2.75, 3.05) is 14.2 Å². The molecule has 2 rings (SSSR count). The highest BCUT2D eigenvalue weighted by molar-refractivity contribution is 7.10. The van der Waals surface area contributed by atoms with Crippen LogP contribution in [-0.4, -0.2) is 51.0 Å². The number of aromatic nitrogens is 2. The van der Waals surface area contributed by atoms with E-state index < -0.39 is 23.4 Å². The standard InChI is InChI=1S/C17H23N3O6S/c1-17(2,24)6-5-9(21)16-19-8(7-27-16)10-13(25-3)14(26-4)12(22)11(20-10)15(18)23/h7,9,21-22,24H,5-6H2,1-4H3,(H2,18,23). The Morgan fingerprint density at radius 3 is 2.44 bits per heavy atom. The summed E-state index contributed by atoms with van der Waals surface area (Å²) < 4.78 is 10.4. The van der Waals surface area contributed by atoms with E-state index in [1.165, 1.54) is 25.6 Å². The highest BCUT2D eigenvalue weighted by atomic mass is 32.1. The number of primary amides is 1. The summed E-state index contributed by atoms with van der Waals surface area (Å²) in [6.07, 6.45) is -0.147. The van der Waals surface area contributed by atoms with Crippen LogP contribution in [0.2, 0.25) is 0 Å². The number of aliphatic hydroxyl groups is 2. The number of thiazole rings is 1. The van der Waals surface area contributed by atoms with Crippen molar-refractivity contribution in [3.05, 3.63) is 16.1 Å². The summed E-state index contributed by atoms with van der Waals surface area (Å²) >= 11 is 1.20. The van der Waals surface area contributed by atoms with E-state index in [0.29, 0.717) is 23.5 Å². The van der Waals surface area contributed by atoms with Gasteiger partial charge in [-0.2, -0.15) is 0 Å². The Bertz CT molecular complexity index is 831. The number of hydrogen-bond donors (Lipinski definition) is 4. The zero-order chi connectivity index (χ0) is 20.4. The van der Waals surface area contributed by atoms with Crippen molar-refractivity contribution in [1.82, 2.24) is 9.97 Å². The Balaban J connectivity index is 2.45. The Labute approximate surface area is 160 Å². The van der Waals surface area contributed by atoms with E-state index in [-0.39, 0.29) is 22.9 Å². The summed E-state index contributed by atoms with van der Waals surface area (Å²) in [4.78, 5) is 20.0.